The van der Waals surface area contributed by atoms with Crippen LogP contribution in [0.25, 0.3) is 0 Å². The van der Waals surface area contributed by atoms with Crippen molar-refractivity contribution in [3.63, 3.8) is 0 Å². The molecule has 9 nitrogen and oxygen atoms in total. The number of hydrogen-bond acceptors (Lipinski definition) is 6. The Morgan fingerprint density at radius 3 is 2.47 bits per heavy atom. The summed E-state index contributed by atoms with van der Waals surface area (Å²) in [6, 6.07) is 11.1. The second-order valence-electron chi connectivity index (χ2n) is 7.17. The van der Waals surface area contributed by atoms with Gasteiger partial charge >= 0.3 is 6.03 Å². The molecule has 2 aromatic carbocycles. The van der Waals surface area contributed by atoms with E-state index in [1.54, 1.807) is 37.3 Å². The quantitative estimate of drug-likeness (QED) is 0.577. The average Bonchev–Trinajstić information content (AvgIpc) is 3.26. The standard InChI is InChI=1S/C21H19N3O6/c1-12(25)14-8-16-17(30-11-29-16)9-15(14)22-18(26)10-24-19(27)21(2,23-20(24)28)13-6-4-3-5-7-13/h3-9H,10-11H2,1-2H3,(H,22,26)(H,23,28). The molecule has 0 saturated carbocycles. The zero-order valence-electron chi connectivity index (χ0n) is 16.4. The topological polar surface area (TPSA) is 114 Å². The summed E-state index contributed by atoms with van der Waals surface area (Å²) in [7, 11) is 0. The predicted molar refractivity (Wildman–Crippen MR) is 105 cm³/mol. The van der Waals surface area contributed by atoms with E-state index in [1.807, 2.05) is 0 Å². The second kappa shape index (κ2) is 7.18. The minimum atomic E-state index is -1.26. The summed E-state index contributed by atoms with van der Waals surface area (Å²) in [5.41, 5.74) is -0.198. The molecule has 2 aliphatic heterocycles. The van der Waals surface area contributed by atoms with Gasteiger partial charge in [-0.25, -0.2) is 4.79 Å². The largest absolute Gasteiger partial charge is 0.454 e. The number of ether oxygens (including phenoxy) is 2. The molecule has 4 rings (SSSR count). The Labute approximate surface area is 171 Å². The highest BCUT2D eigenvalue weighted by molar-refractivity contribution is 6.11. The number of nitrogens with zero attached hydrogens (tertiary/aromatic N) is 1. The van der Waals surface area contributed by atoms with E-state index in [1.165, 1.54) is 19.1 Å². The molecule has 0 bridgehead atoms. The molecule has 0 radical (unpaired) electrons. The molecule has 0 spiro atoms. The normalized spacial score (nSPS) is 19.6. The number of amides is 4. The summed E-state index contributed by atoms with van der Waals surface area (Å²) < 4.78 is 10.5. The van der Waals surface area contributed by atoms with Gasteiger partial charge in [-0.2, -0.15) is 0 Å². The van der Waals surface area contributed by atoms with Gasteiger partial charge in [-0.3, -0.25) is 19.3 Å². The molecular weight excluding hydrogens is 390 g/mol. The van der Waals surface area contributed by atoms with Crippen molar-refractivity contribution in [3.05, 3.63) is 53.6 Å². The Bertz CT molecular complexity index is 1070. The van der Waals surface area contributed by atoms with Crippen molar-refractivity contribution in [2.24, 2.45) is 0 Å². The number of ketones is 1. The van der Waals surface area contributed by atoms with Crippen LogP contribution in [0.5, 0.6) is 11.5 Å². The molecule has 30 heavy (non-hydrogen) atoms. The van der Waals surface area contributed by atoms with Crippen LogP contribution in [0.1, 0.15) is 29.8 Å². The molecular formula is C21H19N3O6. The van der Waals surface area contributed by atoms with E-state index >= 15 is 0 Å². The number of carbonyl (C=O) groups excluding carboxylic acids is 4. The predicted octanol–water partition coefficient (Wildman–Crippen LogP) is 2.02. The minimum Gasteiger partial charge on any atom is -0.454 e. The van der Waals surface area contributed by atoms with Gasteiger partial charge in [0.1, 0.15) is 12.1 Å². The van der Waals surface area contributed by atoms with Crippen LogP contribution in [-0.4, -0.2) is 41.9 Å². The fourth-order valence-electron chi connectivity index (χ4n) is 3.48. The van der Waals surface area contributed by atoms with Gasteiger partial charge in [0.2, 0.25) is 12.7 Å². The molecule has 2 aromatic rings. The Morgan fingerprint density at radius 1 is 1.13 bits per heavy atom. The van der Waals surface area contributed by atoms with Gasteiger partial charge in [0.25, 0.3) is 5.91 Å². The summed E-state index contributed by atoms with van der Waals surface area (Å²) in [6.07, 6.45) is 0. The van der Waals surface area contributed by atoms with Gasteiger partial charge in [0.05, 0.1) is 5.69 Å². The van der Waals surface area contributed by atoms with E-state index in [0.717, 1.165) is 4.90 Å². The summed E-state index contributed by atoms with van der Waals surface area (Å²) in [5, 5.41) is 5.23. The molecule has 4 amide bonds. The first-order valence-electron chi connectivity index (χ1n) is 9.23. The zero-order chi connectivity index (χ0) is 21.5. The third-order valence-electron chi connectivity index (χ3n) is 5.09. The highest BCUT2D eigenvalue weighted by Crippen LogP contribution is 2.37. The van der Waals surface area contributed by atoms with Crippen LogP contribution in [0.3, 0.4) is 0 Å². The Kier molecular flexibility index (Phi) is 4.65. The van der Waals surface area contributed by atoms with Gasteiger partial charge in [-0.1, -0.05) is 30.3 Å². The van der Waals surface area contributed by atoms with Crippen molar-refractivity contribution in [3.8, 4) is 11.5 Å². The average molecular weight is 409 g/mol. The van der Waals surface area contributed by atoms with E-state index in [2.05, 4.69) is 10.6 Å². The number of anilines is 1. The number of Topliss-reactive ketones (excluding diaryl/α,β-unsaturated/α-hetero) is 1. The maximum atomic E-state index is 12.9. The molecule has 0 aliphatic carbocycles. The van der Waals surface area contributed by atoms with Gasteiger partial charge < -0.3 is 20.1 Å². The van der Waals surface area contributed by atoms with Crippen molar-refractivity contribution in [2.45, 2.75) is 19.4 Å². The highest BCUT2D eigenvalue weighted by Gasteiger charge is 2.49. The van der Waals surface area contributed by atoms with Gasteiger partial charge in [-0.05, 0) is 25.5 Å². The summed E-state index contributed by atoms with van der Waals surface area (Å²) >= 11 is 0. The van der Waals surface area contributed by atoms with E-state index in [0.29, 0.717) is 17.1 Å². The maximum absolute atomic E-state index is 12.9. The van der Waals surface area contributed by atoms with Crippen LogP contribution in [0, 0.1) is 0 Å². The first-order valence-corrected chi connectivity index (χ1v) is 9.23. The number of hydrogen-bond donors (Lipinski definition) is 2. The lowest BCUT2D eigenvalue weighted by Gasteiger charge is -2.22. The Hall–Kier alpha value is -3.88. The first kappa shape index (κ1) is 19.4. The van der Waals surface area contributed by atoms with E-state index in [9.17, 15) is 19.2 Å². The number of benzene rings is 2. The molecule has 2 aliphatic rings. The van der Waals surface area contributed by atoms with E-state index in [4.69, 9.17) is 9.47 Å². The highest BCUT2D eigenvalue weighted by atomic mass is 16.7. The van der Waals surface area contributed by atoms with Crippen molar-refractivity contribution in [1.29, 1.82) is 0 Å². The third kappa shape index (κ3) is 3.24. The molecule has 9 heteroatoms. The van der Waals surface area contributed by atoms with Crippen molar-refractivity contribution < 1.29 is 28.7 Å². The Morgan fingerprint density at radius 2 is 1.80 bits per heavy atom. The fourth-order valence-corrected chi connectivity index (χ4v) is 3.48. The molecule has 1 unspecified atom stereocenters. The van der Waals surface area contributed by atoms with Crippen molar-refractivity contribution >= 4 is 29.3 Å². The van der Waals surface area contributed by atoms with Crippen LogP contribution < -0.4 is 20.1 Å². The van der Waals surface area contributed by atoms with Crippen LogP contribution in [0.4, 0.5) is 10.5 Å². The lowest BCUT2D eigenvalue weighted by Crippen LogP contribution is -2.42. The van der Waals surface area contributed by atoms with Crippen LogP contribution in [0.15, 0.2) is 42.5 Å². The van der Waals surface area contributed by atoms with Crippen molar-refractivity contribution in [2.75, 3.05) is 18.7 Å². The second-order valence-corrected chi connectivity index (χ2v) is 7.17. The van der Waals surface area contributed by atoms with E-state index in [-0.39, 0.29) is 23.8 Å². The first-order chi connectivity index (χ1) is 14.3. The number of nitrogens with one attached hydrogen (secondary N) is 2. The van der Waals surface area contributed by atoms with Crippen LogP contribution in [-0.2, 0) is 15.1 Å². The molecule has 0 aromatic heterocycles. The van der Waals surface area contributed by atoms with Gasteiger partial charge in [-0.15, -0.1) is 0 Å². The molecule has 1 fully saturated rings. The van der Waals surface area contributed by atoms with Gasteiger partial charge in [0.15, 0.2) is 17.3 Å². The fraction of sp³-hybridized carbons (Fsp3) is 0.238. The smallest absolute Gasteiger partial charge is 0.325 e. The number of rotatable bonds is 5. The number of carbonyl (C=O) groups is 4. The van der Waals surface area contributed by atoms with Crippen LogP contribution in [0.2, 0.25) is 0 Å². The summed E-state index contributed by atoms with van der Waals surface area (Å²) in [4.78, 5) is 50.8. The van der Waals surface area contributed by atoms with Crippen LogP contribution >= 0.6 is 0 Å². The lowest BCUT2D eigenvalue weighted by molar-refractivity contribution is -0.133. The number of urea groups is 1. The SMILES string of the molecule is CC(=O)c1cc2c(cc1NC(=O)CN1C(=O)NC(C)(c3ccccc3)C1=O)OCO2. The molecule has 154 valence electrons. The molecule has 2 N–H and O–H groups in total. The summed E-state index contributed by atoms with van der Waals surface area (Å²) in [6.45, 7) is 2.46. The molecule has 1 saturated heterocycles. The summed E-state index contributed by atoms with van der Waals surface area (Å²) in [5.74, 6) is -0.647. The molecule has 1 atom stereocenters. The van der Waals surface area contributed by atoms with Gasteiger partial charge in [0, 0.05) is 11.6 Å². The maximum Gasteiger partial charge on any atom is 0.325 e. The zero-order valence-corrected chi connectivity index (χ0v) is 16.4. The Balaban J connectivity index is 1.53. The molecule has 2 heterocycles. The third-order valence-corrected chi connectivity index (χ3v) is 5.09. The lowest BCUT2D eigenvalue weighted by atomic mass is 9.92. The van der Waals surface area contributed by atoms with Crippen molar-refractivity contribution in [1.82, 2.24) is 10.2 Å². The number of imide groups is 1. The van der Waals surface area contributed by atoms with E-state index < -0.39 is 29.9 Å². The monoisotopic (exact) mass is 409 g/mol. The number of fused-ring (bicyclic) bond motifs is 1. The minimum absolute atomic E-state index is 0.0184.